The maximum Gasteiger partial charge on any atom is 0.123 e. The quantitative estimate of drug-likeness (QED) is 0.791. The van der Waals surface area contributed by atoms with Crippen LogP contribution in [-0.2, 0) is 12.8 Å². The van der Waals surface area contributed by atoms with Gasteiger partial charge in [-0.15, -0.1) is 0 Å². The topological polar surface area (TPSA) is 9.23 Å². The molecule has 2 heteroatoms. The molecule has 2 aromatic carbocycles. The van der Waals surface area contributed by atoms with Crippen molar-refractivity contribution < 1.29 is 9.13 Å². The maximum atomic E-state index is 13.3. The van der Waals surface area contributed by atoms with E-state index in [1.165, 1.54) is 17.2 Å². The van der Waals surface area contributed by atoms with Crippen LogP contribution in [-0.4, -0.2) is 6.61 Å². The lowest BCUT2D eigenvalue weighted by Crippen LogP contribution is -2.05. The van der Waals surface area contributed by atoms with Crippen molar-refractivity contribution in [3.63, 3.8) is 0 Å². The first-order chi connectivity index (χ1) is 9.28. The predicted molar refractivity (Wildman–Crippen MR) is 75.0 cm³/mol. The standard InChI is InChI=1S/C17H17FO/c1-2-9-19-15-6-8-17-13(11-15)4-3-12-10-14(18)5-7-16(12)17/h5-8,10-11H,2-4,9H2,1H3. The molecule has 19 heavy (non-hydrogen) atoms. The minimum absolute atomic E-state index is 0.148. The number of aryl methyl sites for hydroxylation is 2. The van der Waals surface area contributed by atoms with E-state index in [0.717, 1.165) is 42.7 Å². The second-order valence-electron chi connectivity index (χ2n) is 4.97. The Bertz CT molecular complexity index is 604. The van der Waals surface area contributed by atoms with Gasteiger partial charge in [-0.3, -0.25) is 0 Å². The van der Waals surface area contributed by atoms with Gasteiger partial charge in [-0.05, 0) is 65.8 Å². The SMILES string of the molecule is CCCOc1ccc2c(c1)CCc1cc(F)ccc1-2. The van der Waals surface area contributed by atoms with Crippen molar-refractivity contribution in [1.82, 2.24) is 0 Å². The van der Waals surface area contributed by atoms with Crippen molar-refractivity contribution in [2.45, 2.75) is 26.2 Å². The van der Waals surface area contributed by atoms with Crippen LogP contribution < -0.4 is 4.74 Å². The van der Waals surface area contributed by atoms with Crippen LogP contribution in [0, 0.1) is 5.82 Å². The first-order valence-electron chi connectivity index (χ1n) is 6.82. The van der Waals surface area contributed by atoms with Gasteiger partial charge in [-0.2, -0.15) is 0 Å². The third-order valence-electron chi connectivity index (χ3n) is 3.57. The number of fused-ring (bicyclic) bond motifs is 3. The van der Waals surface area contributed by atoms with Crippen molar-refractivity contribution in [2.75, 3.05) is 6.61 Å². The Morgan fingerprint density at radius 3 is 2.42 bits per heavy atom. The number of halogens is 1. The summed E-state index contributed by atoms with van der Waals surface area (Å²) in [6, 6.07) is 11.3. The molecule has 0 radical (unpaired) electrons. The molecule has 0 saturated heterocycles. The highest BCUT2D eigenvalue weighted by atomic mass is 19.1. The highest BCUT2D eigenvalue weighted by Crippen LogP contribution is 2.35. The van der Waals surface area contributed by atoms with E-state index in [1.54, 1.807) is 6.07 Å². The van der Waals surface area contributed by atoms with Gasteiger partial charge in [0.05, 0.1) is 6.61 Å². The number of rotatable bonds is 3. The molecule has 0 unspecified atom stereocenters. The summed E-state index contributed by atoms with van der Waals surface area (Å²) in [5.74, 6) is 0.788. The summed E-state index contributed by atoms with van der Waals surface area (Å²) in [5.41, 5.74) is 4.78. The summed E-state index contributed by atoms with van der Waals surface area (Å²) < 4.78 is 18.9. The number of hydrogen-bond donors (Lipinski definition) is 0. The monoisotopic (exact) mass is 256 g/mol. The molecule has 2 aromatic rings. The fourth-order valence-corrected chi connectivity index (χ4v) is 2.65. The molecule has 0 N–H and O–H groups in total. The predicted octanol–water partition coefficient (Wildman–Crippen LogP) is 4.38. The zero-order valence-electron chi connectivity index (χ0n) is 11.1. The fraction of sp³-hybridized carbons (Fsp3) is 0.294. The Balaban J connectivity index is 1.98. The van der Waals surface area contributed by atoms with E-state index in [0.29, 0.717) is 0 Å². The van der Waals surface area contributed by atoms with Crippen LogP contribution in [0.2, 0.25) is 0 Å². The number of hydrogen-bond acceptors (Lipinski definition) is 1. The summed E-state index contributed by atoms with van der Waals surface area (Å²) >= 11 is 0. The Morgan fingerprint density at radius 1 is 1.00 bits per heavy atom. The summed E-state index contributed by atoms with van der Waals surface area (Å²) in [4.78, 5) is 0. The first-order valence-corrected chi connectivity index (χ1v) is 6.82. The highest BCUT2D eigenvalue weighted by molar-refractivity contribution is 5.73. The van der Waals surface area contributed by atoms with Gasteiger partial charge in [0.2, 0.25) is 0 Å². The van der Waals surface area contributed by atoms with Gasteiger partial charge >= 0.3 is 0 Å². The van der Waals surface area contributed by atoms with Gasteiger partial charge in [-0.1, -0.05) is 19.1 Å². The molecule has 98 valence electrons. The lowest BCUT2D eigenvalue weighted by atomic mass is 9.85. The van der Waals surface area contributed by atoms with Crippen LogP contribution in [0.25, 0.3) is 11.1 Å². The molecule has 3 rings (SSSR count). The molecule has 0 heterocycles. The van der Waals surface area contributed by atoms with Crippen LogP contribution in [0.1, 0.15) is 24.5 Å². The Morgan fingerprint density at radius 2 is 1.68 bits per heavy atom. The van der Waals surface area contributed by atoms with Gasteiger partial charge < -0.3 is 4.74 Å². The van der Waals surface area contributed by atoms with Crippen LogP contribution in [0.15, 0.2) is 36.4 Å². The molecule has 1 nitrogen and oxygen atoms in total. The van der Waals surface area contributed by atoms with Crippen LogP contribution in [0.5, 0.6) is 5.75 Å². The third-order valence-corrected chi connectivity index (χ3v) is 3.57. The van der Waals surface area contributed by atoms with E-state index in [9.17, 15) is 4.39 Å². The minimum atomic E-state index is -0.148. The second kappa shape index (κ2) is 5.04. The van der Waals surface area contributed by atoms with E-state index in [-0.39, 0.29) is 5.82 Å². The minimum Gasteiger partial charge on any atom is -0.494 e. The average molecular weight is 256 g/mol. The molecule has 0 atom stereocenters. The molecular weight excluding hydrogens is 239 g/mol. The summed E-state index contributed by atoms with van der Waals surface area (Å²) in [6.45, 7) is 2.85. The molecule has 0 aliphatic heterocycles. The zero-order valence-corrected chi connectivity index (χ0v) is 11.1. The lowest BCUT2D eigenvalue weighted by molar-refractivity contribution is 0.317. The Kier molecular flexibility index (Phi) is 3.24. The number of benzene rings is 2. The second-order valence-corrected chi connectivity index (χ2v) is 4.97. The summed E-state index contributed by atoms with van der Waals surface area (Å²) in [5, 5.41) is 0. The van der Waals surface area contributed by atoms with Crippen LogP contribution in [0.3, 0.4) is 0 Å². The Labute approximate surface area is 113 Å². The molecular formula is C17H17FO. The fourth-order valence-electron chi connectivity index (χ4n) is 2.65. The maximum absolute atomic E-state index is 13.3. The Hall–Kier alpha value is -1.83. The van der Waals surface area contributed by atoms with Crippen molar-refractivity contribution in [3.8, 4) is 16.9 Å². The smallest absolute Gasteiger partial charge is 0.123 e. The molecule has 0 aromatic heterocycles. The van der Waals surface area contributed by atoms with E-state index in [2.05, 4.69) is 19.1 Å². The molecule has 0 spiro atoms. The van der Waals surface area contributed by atoms with E-state index in [1.807, 2.05) is 12.1 Å². The van der Waals surface area contributed by atoms with Crippen LogP contribution >= 0.6 is 0 Å². The first kappa shape index (κ1) is 12.2. The van der Waals surface area contributed by atoms with Gasteiger partial charge in [0, 0.05) is 0 Å². The molecule has 0 amide bonds. The van der Waals surface area contributed by atoms with Gasteiger partial charge in [0.25, 0.3) is 0 Å². The lowest BCUT2D eigenvalue weighted by Gasteiger charge is -2.20. The van der Waals surface area contributed by atoms with Crippen molar-refractivity contribution in [3.05, 3.63) is 53.3 Å². The summed E-state index contributed by atoms with van der Waals surface area (Å²) in [7, 11) is 0. The van der Waals surface area contributed by atoms with E-state index in [4.69, 9.17) is 4.74 Å². The average Bonchev–Trinajstić information content (AvgIpc) is 2.44. The van der Waals surface area contributed by atoms with Crippen molar-refractivity contribution >= 4 is 0 Å². The van der Waals surface area contributed by atoms with Crippen molar-refractivity contribution in [1.29, 1.82) is 0 Å². The molecule has 0 saturated carbocycles. The van der Waals surface area contributed by atoms with Crippen molar-refractivity contribution in [2.24, 2.45) is 0 Å². The molecule has 0 fully saturated rings. The summed E-state index contributed by atoms with van der Waals surface area (Å²) in [6.07, 6.45) is 2.87. The largest absolute Gasteiger partial charge is 0.494 e. The van der Waals surface area contributed by atoms with Crippen LogP contribution in [0.4, 0.5) is 4.39 Å². The zero-order chi connectivity index (χ0) is 13.2. The molecule has 1 aliphatic rings. The van der Waals surface area contributed by atoms with E-state index < -0.39 is 0 Å². The van der Waals surface area contributed by atoms with Gasteiger partial charge in [0.15, 0.2) is 0 Å². The third kappa shape index (κ3) is 2.35. The van der Waals surface area contributed by atoms with Gasteiger partial charge in [0.1, 0.15) is 11.6 Å². The van der Waals surface area contributed by atoms with Gasteiger partial charge in [-0.25, -0.2) is 4.39 Å². The molecule has 1 aliphatic carbocycles. The number of ether oxygens (including phenoxy) is 1. The highest BCUT2D eigenvalue weighted by Gasteiger charge is 2.16. The van der Waals surface area contributed by atoms with E-state index >= 15 is 0 Å². The normalized spacial score (nSPS) is 12.7. The molecule has 0 bridgehead atoms.